The van der Waals surface area contributed by atoms with Crippen molar-refractivity contribution < 1.29 is 8.42 Å². The smallest absolute Gasteiger partial charge is 0.243 e. The Kier molecular flexibility index (Phi) is 7.14. The number of sulfonamides is 1. The van der Waals surface area contributed by atoms with Crippen molar-refractivity contribution in [2.75, 3.05) is 40.3 Å². The molecule has 0 unspecified atom stereocenters. The molecule has 0 aliphatic heterocycles. The summed E-state index contributed by atoms with van der Waals surface area (Å²) in [6, 6.07) is 0. The van der Waals surface area contributed by atoms with Crippen LogP contribution in [0.25, 0.3) is 0 Å². The second-order valence-corrected chi connectivity index (χ2v) is 6.66. The number of aromatic nitrogens is 2. The number of nitrogens with one attached hydrogen (secondary N) is 2. The van der Waals surface area contributed by atoms with E-state index in [2.05, 4.69) is 22.1 Å². The van der Waals surface area contributed by atoms with Gasteiger partial charge in [0.05, 0.1) is 12.7 Å². The third-order valence-electron chi connectivity index (χ3n) is 2.72. The molecule has 0 aliphatic rings. The average molecular weight is 303 g/mol. The van der Waals surface area contributed by atoms with Gasteiger partial charge in [-0.25, -0.2) is 13.1 Å². The van der Waals surface area contributed by atoms with Crippen molar-refractivity contribution in [1.29, 1.82) is 0 Å². The van der Waals surface area contributed by atoms with Gasteiger partial charge in [0.15, 0.2) is 0 Å². The van der Waals surface area contributed by atoms with Crippen LogP contribution < -0.4 is 10.0 Å². The van der Waals surface area contributed by atoms with Crippen molar-refractivity contribution in [2.24, 2.45) is 0 Å². The van der Waals surface area contributed by atoms with Gasteiger partial charge in [0.2, 0.25) is 10.0 Å². The first kappa shape index (κ1) is 17.1. The average Bonchev–Trinajstić information content (AvgIpc) is 2.83. The van der Waals surface area contributed by atoms with E-state index in [4.69, 9.17) is 0 Å². The van der Waals surface area contributed by atoms with E-state index in [1.807, 2.05) is 19.0 Å². The van der Waals surface area contributed by atoms with Crippen molar-refractivity contribution in [2.45, 2.75) is 24.8 Å². The zero-order valence-electron chi connectivity index (χ0n) is 12.5. The summed E-state index contributed by atoms with van der Waals surface area (Å²) in [6.07, 6.45) is 4.03. The topological polar surface area (TPSA) is 79.3 Å². The van der Waals surface area contributed by atoms with E-state index >= 15 is 0 Å². The van der Waals surface area contributed by atoms with Gasteiger partial charge in [0.1, 0.15) is 4.90 Å². The number of hydrogen-bond acceptors (Lipinski definition) is 5. The van der Waals surface area contributed by atoms with E-state index in [0.717, 1.165) is 19.5 Å². The summed E-state index contributed by atoms with van der Waals surface area (Å²) in [5, 5.41) is 7.32. The van der Waals surface area contributed by atoms with Crippen LogP contribution in [0, 0.1) is 0 Å². The molecule has 20 heavy (non-hydrogen) atoms. The zero-order valence-corrected chi connectivity index (χ0v) is 13.3. The fraction of sp³-hybridized carbons (Fsp3) is 0.750. The minimum Gasteiger partial charge on any atom is -0.315 e. The van der Waals surface area contributed by atoms with Crippen molar-refractivity contribution in [1.82, 2.24) is 24.7 Å². The molecule has 0 spiro atoms. The summed E-state index contributed by atoms with van der Waals surface area (Å²) < 4.78 is 28.2. The van der Waals surface area contributed by atoms with Crippen molar-refractivity contribution in [3.05, 3.63) is 12.4 Å². The maximum Gasteiger partial charge on any atom is 0.243 e. The molecular weight excluding hydrogens is 278 g/mol. The molecule has 7 nitrogen and oxygen atoms in total. The molecule has 1 rings (SSSR count). The second kappa shape index (κ2) is 8.35. The Labute approximate surface area is 121 Å². The van der Waals surface area contributed by atoms with Crippen molar-refractivity contribution in [3.63, 3.8) is 0 Å². The Morgan fingerprint density at radius 2 is 2.05 bits per heavy atom. The van der Waals surface area contributed by atoms with Gasteiger partial charge in [0.25, 0.3) is 0 Å². The molecule has 0 saturated heterocycles. The summed E-state index contributed by atoms with van der Waals surface area (Å²) in [7, 11) is 0.346. The van der Waals surface area contributed by atoms with E-state index < -0.39 is 10.0 Å². The molecule has 0 radical (unpaired) electrons. The van der Waals surface area contributed by atoms with E-state index in [1.165, 1.54) is 6.20 Å². The van der Waals surface area contributed by atoms with Crippen LogP contribution in [0.15, 0.2) is 17.3 Å². The summed E-state index contributed by atoms with van der Waals surface area (Å²) in [5.74, 6) is 0. The molecule has 0 amide bonds. The van der Waals surface area contributed by atoms with Gasteiger partial charge in [-0.3, -0.25) is 4.68 Å². The fourth-order valence-electron chi connectivity index (χ4n) is 1.59. The highest BCUT2D eigenvalue weighted by molar-refractivity contribution is 7.89. The van der Waals surface area contributed by atoms with Gasteiger partial charge in [-0.15, -0.1) is 0 Å². The maximum absolute atomic E-state index is 12.0. The van der Waals surface area contributed by atoms with E-state index in [-0.39, 0.29) is 4.90 Å². The molecule has 0 aliphatic carbocycles. The lowest BCUT2D eigenvalue weighted by molar-refractivity contribution is 0.412. The van der Waals surface area contributed by atoms with Crippen LogP contribution in [0.1, 0.15) is 13.3 Å². The van der Waals surface area contributed by atoms with E-state index in [0.29, 0.717) is 19.6 Å². The minimum atomic E-state index is -3.45. The molecule has 1 heterocycles. The van der Waals surface area contributed by atoms with Gasteiger partial charge in [-0.1, -0.05) is 6.92 Å². The SMILES string of the molecule is CCCNCCn1cc(S(=O)(=O)NCCN(C)C)cn1. The first-order valence-electron chi connectivity index (χ1n) is 6.83. The molecule has 0 saturated carbocycles. The summed E-state index contributed by atoms with van der Waals surface area (Å²) in [6.45, 7) is 5.55. The van der Waals surface area contributed by atoms with Crippen molar-refractivity contribution >= 4 is 10.0 Å². The van der Waals surface area contributed by atoms with Crippen LogP contribution in [-0.2, 0) is 16.6 Å². The van der Waals surface area contributed by atoms with E-state index in [1.54, 1.807) is 10.9 Å². The first-order valence-corrected chi connectivity index (χ1v) is 8.31. The summed E-state index contributed by atoms with van der Waals surface area (Å²) >= 11 is 0. The van der Waals surface area contributed by atoms with Gasteiger partial charge in [0, 0.05) is 25.8 Å². The Bertz CT molecular complexity index is 484. The quantitative estimate of drug-likeness (QED) is 0.581. The Hall–Kier alpha value is -0.960. The summed E-state index contributed by atoms with van der Waals surface area (Å²) in [5.41, 5.74) is 0. The number of nitrogens with zero attached hydrogens (tertiary/aromatic N) is 3. The van der Waals surface area contributed by atoms with E-state index in [9.17, 15) is 8.42 Å². The number of likely N-dealkylation sites (N-methyl/N-ethyl adjacent to an activating group) is 1. The van der Waals surface area contributed by atoms with Gasteiger partial charge in [-0.05, 0) is 27.1 Å². The lowest BCUT2D eigenvalue weighted by Gasteiger charge is -2.09. The fourth-order valence-corrected chi connectivity index (χ4v) is 2.56. The summed E-state index contributed by atoms with van der Waals surface area (Å²) in [4.78, 5) is 2.14. The third-order valence-corrected chi connectivity index (χ3v) is 4.13. The minimum absolute atomic E-state index is 0.215. The number of hydrogen-bond donors (Lipinski definition) is 2. The highest BCUT2D eigenvalue weighted by atomic mass is 32.2. The van der Waals surface area contributed by atoms with Crippen LogP contribution in [-0.4, -0.2) is 63.4 Å². The lowest BCUT2D eigenvalue weighted by Crippen LogP contribution is -2.31. The van der Waals surface area contributed by atoms with Crippen LogP contribution in [0.5, 0.6) is 0 Å². The molecule has 0 fully saturated rings. The Morgan fingerprint density at radius 1 is 1.30 bits per heavy atom. The molecule has 1 aromatic heterocycles. The molecular formula is C12H25N5O2S. The zero-order chi connectivity index (χ0) is 15.0. The molecule has 0 aromatic carbocycles. The van der Waals surface area contributed by atoms with Crippen LogP contribution in [0.3, 0.4) is 0 Å². The Morgan fingerprint density at radius 3 is 2.70 bits per heavy atom. The second-order valence-electron chi connectivity index (χ2n) is 4.89. The Balaban J connectivity index is 2.48. The molecule has 8 heteroatoms. The predicted octanol–water partition coefficient (Wildman–Crippen LogP) is -0.277. The molecule has 116 valence electrons. The van der Waals surface area contributed by atoms with Crippen LogP contribution in [0.2, 0.25) is 0 Å². The molecule has 0 bridgehead atoms. The van der Waals surface area contributed by atoms with Crippen LogP contribution >= 0.6 is 0 Å². The highest BCUT2D eigenvalue weighted by Gasteiger charge is 2.15. The molecule has 1 aromatic rings. The predicted molar refractivity (Wildman–Crippen MR) is 79.1 cm³/mol. The van der Waals surface area contributed by atoms with Crippen LogP contribution in [0.4, 0.5) is 0 Å². The molecule has 2 N–H and O–H groups in total. The van der Waals surface area contributed by atoms with Crippen molar-refractivity contribution in [3.8, 4) is 0 Å². The largest absolute Gasteiger partial charge is 0.315 e. The maximum atomic E-state index is 12.0. The highest BCUT2D eigenvalue weighted by Crippen LogP contribution is 2.06. The third kappa shape index (κ3) is 6.00. The lowest BCUT2D eigenvalue weighted by atomic mass is 10.5. The van der Waals surface area contributed by atoms with Gasteiger partial charge in [-0.2, -0.15) is 5.10 Å². The number of rotatable bonds is 10. The standard InChI is InChI=1S/C12H25N5O2S/c1-4-5-13-6-9-17-11-12(10-14-17)20(18,19)15-7-8-16(2)3/h10-11,13,15H,4-9H2,1-3H3. The molecule has 0 atom stereocenters. The first-order chi connectivity index (χ1) is 9.45. The van der Waals surface area contributed by atoms with Gasteiger partial charge < -0.3 is 10.2 Å². The monoisotopic (exact) mass is 303 g/mol. The normalized spacial score (nSPS) is 12.2. The van der Waals surface area contributed by atoms with Gasteiger partial charge >= 0.3 is 0 Å².